The Balaban J connectivity index is 1.42. The van der Waals surface area contributed by atoms with Gasteiger partial charge in [0.15, 0.2) is 5.78 Å². The molecule has 4 heteroatoms. The first-order valence-electron chi connectivity index (χ1n) is 17.4. The molecule has 0 saturated carbocycles. The van der Waals surface area contributed by atoms with E-state index in [0.29, 0.717) is 22.4 Å². The molecule has 1 aliphatic heterocycles. The van der Waals surface area contributed by atoms with Crippen LogP contribution >= 0.6 is 0 Å². The van der Waals surface area contributed by atoms with Gasteiger partial charge in [-0.15, -0.1) is 0 Å². The fourth-order valence-corrected chi connectivity index (χ4v) is 7.38. The summed E-state index contributed by atoms with van der Waals surface area (Å²) in [5.74, 6) is -0.474. The van der Waals surface area contributed by atoms with E-state index in [9.17, 15) is 0 Å². The van der Waals surface area contributed by atoms with E-state index in [1.807, 2.05) is 174 Å². The number of nitrogens with zero attached hydrogens (tertiary/aromatic N) is 2. The van der Waals surface area contributed by atoms with Crippen molar-refractivity contribution in [3.05, 3.63) is 222 Å². The number of rotatable bonds is 7. The van der Waals surface area contributed by atoms with Crippen LogP contribution in [0.5, 0.6) is 0 Å². The first-order chi connectivity index (χ1) is 25.7. The molecule has 0 unspecified atom stereocenters. The molecule has 0 bridgehead atoms. The Kier molecular flexibility index (Phi) is 7.75. The van der Waals surface area contributed by atoms with E-state index in [1.54, 1.807) is 0 Å². The van der Waals surface area contributed by atoms with Crippen LogP contribution in [0.1, 0.15) is 26.3 Å². The topological polar surface area (TPSA) is 40.6 Å². The molecule has 4 nitrogen and oxygen atoms in total. The number of para-hydroxylation sites is 2. The number of ketones is 2. The van der Waals surface area contributed by atoms with Crippen molar-refractivity contribution in [3.8, 4) is 0 Å². The molecule has 0 spiro atoms. The summed E-state index contributed by atoms with van der Waals surface area (Å²) in [5, 5.41) is 9.63. The summed E-state index contributed by atoms with van der Waals surface area (Å²) < 4.78 is 0. The van der Waals surface area contributed by atoms with Crippen LogP contribution in [-0.2, 0) is 0 Å². The lowest BCUT2D eigenvalue weighted by atomic mass is 9.91. The number of anilines is 2. The summed E-state index contributed by atoms with van der Waals surface area (Å²) in [6.45, 7) is 0. The largest absolute Gasteiger partial charge is 0.288 e. The highest BCUT2D eigenvalue weighted by Crippen LogP contribution is 2.44. The molecule has 1 heterocycles. The number of carbonyl (C=O) groups excluding carboxylic acids is 2. The Morgan fingerprint density at radius 2 is 0.808 bits per heavy atom. The molecular weight excluding hydrogens is 637 g/mol. The molecule has 0 fully saturated rings. The standard InChI is InChI=1S/C48H32N2O2/c51-47(42-30-14-20-34-17-8-11-28-40(34)42)45-44(32-36-22-13-19-33-16-7-10-27-39(33)36)49(37-23-3-1-4-24-37)50(38-25-5-2-6-26-38)46(45)48(52)43-31-15-21-35-18-9-12-29-41(35)43/h1-32H/b44-32-. The Hall–Kier alpha value is -7.04. The maximum atomic E-state index is 15.6. The quantitative estimate of drug-likeness (QED) is 0.159. The van der Waals surface area contributed by atoms with Crippen LogP contribution in [0.25, 0.3) is 38.4 Å². The van der Waals surface area contributed by atoms with Gasteiger partial charge in [0.1, 0.15) is 5.70 Å². The number of Topliss-reactive ketones (excluding diaryl/α,β-unsaturated/α-hetero) is 2. The van der Waals surface area contributed by atoms with Gasteiger partial charge in [0.2, 0.25) is 5.78 Å². The molecule has 0 amide bonds. The summed E-state index contributed by atoms with van der Waals surface area (Å²) in [6.07, 6.45) is 2.06. The maximum absolute atomic E-state index is 15.6. The molecule has 246 valence electrons. The first-order valence-corrected chi connectivity index (χ1v) is 17.4. The second kappa shape index (κ2) is 13.0. The zero-order chi connectivity index (χ0) is 35.0. The van der Waals surface area contributed by atoms with Gasteiger partial charge in [-0.2, -0.15) is 0 Å². The minimum Gasteiger partial charge on any atom is -0.288 e. The van der Waals surface area contributed by atoms with Crippen molar-refractivity contribution in [3.63, 3.8) is 0 Å². The number of fused-ring (bicyclic) bond motifs is 3. The minimum atomic E-state index is -0.244. The van der Waals surface area contributed by atoms with E-state index < -0.39 is 0 Å². The molecular formula is C48H32N2O2. The van der Waals surface area contributed by atoms with E-state index in [0.717, 1.165) is 49.3 Å². The second-order valence-electron chi connectivity index (χ2n) is 12.8. The van der Waals surface area contributed by atoms with E-state index in [4.69, 9.17) is 0 Å². The Labute approximate surface area is 301 Å². The molecule has 0 atom stereocenters. The monoisotopic (exact) mass is 668 g/mol. The summed E-state index contributed by atoms with van der Waals surface area (Å²) in [7, 11) is 0. The van der Waals surface area contributed by atoms with Gasteiger partial charge in [-0.05, 0) is 68.2 Å². The molecule has 0 radical (unpaired) electrons. The fourth-order valence-electron chi connectivity index (χ4n) is 7.38. The molecule has 8 aromatic carbocycles. The molecule has 0 N–H and O–H groups in total. The predicted molar refractivity (Wildman–Crippen MR) is 213 cm³/mol. The maximum Gasteiger partial charge on any atom is 0.212 e. The van der Waals surface area contributed by atoms with Crippen molar-refractivity contribution in [1.29, 1.82) is 0 Å². The van der Waals surface area contributed by atoms with Crippen molar-refractivity contribution in [2.75, 3.05) is 10.0 Å². The van der Waals surface area contributed by atoms with Crippen LogP contribution in [0.2, 0.25) is 0 Å². The lowest BCUT2D eigenvalue weighted by Gasteiger charge is -2.34. The van der Waals surface area contributed by atoms with Gasteiger partial charge in [-0.1, -0.05) is 164 Å². The third-order valence-corrected chi connectivity index (χ3v) is 9.76. The van der Waals surface area contributed by atoms with Gasteiger partial charge in [-0.25, -0.2) is 10.0 Å². The lowest BCUT2D eigenvalue weighted by Crippen LogP contribution is -2.38. The van der Waals surface area contributed by atoms with Crippen molar-refractivity contribution in [2.24, 2.45) is 0 Å². The van der Waals surface area contributed by atoms with Crippen LogP contribution in [0.3, 0.4) is 0 Å². The van der Waals surface area contributed by atoms with Crippen LogP contribution in [-0.4, -0.2) is 11.6 Å². The average molecular weight is 669 g/mol. The smallest absolute Gasteiger partial charge is 0.212 e. The van der Waals surface area contributed by atoms with Gasteiger partial charge in [-0.3, -0.25) is 9.59 Å². The molecule has 0 aromatic heterocycles. The van der Waals surface area contributed by atoms with Crippen molar-refractivity contribution >= 4 is 61.3 Å². The SMILES string of the molecule is O=C(C1=C(C(=O)c2cccc3ccccc23)N(c2ccccc2)N(c2ccccc2)/C1=C\c1cccc2ccccc12)c1cccc2ccccc12. The normalized spacial score (nSPS) is 13.8. The third-order valence-electron chi connectivity index (χ3n) is 9.76. The number of allylic oxidation sites excluding steroid dienone is 2. The van der Waals surface area contributed by atoms with Gasteiger partial charge in [0, 0.05) is 11.1 Å². The highest BCUT2D eigenvalue weighted by molar-refractivity contribution is 6.28. The highest BCUT2D eigenvalue weighted by Gasteiger charge is 2.43. The second-order valence-corrected chi connectivity index (χ2v) is 12.8. The molecule has 52 heavy (non-hydrogen) atoms. The van der Waals surface area contributed by atoms with Crippen molar-refractivity contribution in [1.82, 2.24) is 0 Å². The zero-order valence-electron chi connectivity index (χ0n) is 28.2. The van der Waals surface area contributed by atoms with Crippen molar-refractivity contribution < 1.29 is 9.59 Å². The minimum absolute atomic E-state index is 0.230. The summed E-state index contributed by atoms with van der Waals surface area (Å²) in [6, 6.07) is 61.6. The van der Waals surface area contributed by atoms with E-state index in [2.05, 4.69) is 30.3 Å². The van der Waals surface area contributed by atoms with Gasteiger partial charge < -0.3 is 0 Å². The third kappa shape index (κ3) is 5.26. The van der Waals surface area contributed by atoms with Crippen molar-refractivity contribution in [2.45, 2.75) is 0 Å². The number of hydrazine groups is 1. The molecule has 9 rings (SSSR count). The zero-order valence-corrected chi connectivity index (χ0v) is 28.2. The number of benzene rings is 8. The Morgan fingerprint density at radius 1 is 0.385 bits per heavy atom. The summed E-state index contributed by atoms with van der Waals surface area (Å²) in [5.41, 5.74) is 4.77. The molecule has 0 saturated heterocycles. The van der Waals surface area contributed by atoms with E-state index in [-0.39, 0.29) is 17.3 Å². The van der Waals surface area contributed by atoms with Crippen LogP contribution in [0.15, 0.2) is 205 Å². The van der Waals surface area contributed by atoms with Gasteiger partial charge in [0.05, 0.1) is 22.6 Å². The van der Waals surface area contributed by atoms with Crippen LogP contribution < -0.4 is 10.0 Å². The van der Waals surface area contributed by atoms with Gasteiger partial charge >= 0.3 is 0 Å². The highest BCUT2D eigenvalue weighted by atomic mass is 16.1. The van der Waals surface area contributed by atoms with E-state index >= 15 is 9.59 Å². The number of hydrogen-bond donors (Lipinski definition) is 0. The Morgan fingerprint density at radius 3 is 1.38 bits per heavy atom. The fraction of sp³-hybridized carbons (Fsp3) is 0. The lowest BCUT2D eigenvalue weighted by molar-refractivity contribution is 0.100. The Bertz CT molecular complexity index is 2710. The molecule has 0 aliphatic carbocycles. The summed E-state index contributed by atoms with van der Waals surface area (Å²) >= 11 is 0. The summed E-state index contributed by atoms with van der Waals surface area (Å²) in [4.78, 5) is 31.1. The predicted octanol–water partition coefficient (Wildman–Crippen LogP) is 11.4. The first kappa shape index (κ1) is 31.0. The van der Waals surface area contributed by atoms with E-state index in [1.165, 1.54) is 0 Å². The number of carbonyl (C=O) groups is 2. The average Bonchev–Trinajstić information content (AvgIpc) is 3.55. The van der Waals surface area contributed by atoms with Crippen LogP contribution in [0, 0.1) is 0 Å². The number of hydrogen-bond acceptors (Lipinski definition) is 4. The van der Waals surface area contributed by atoms with Crippen LogP contribution in [0.4, 0.5) is 11.4 Å². The van der Waals surface area contributed by atoms with Gasteiger partial charge in [0.25, 0.3) is 0 Å². The molecule has 1 aliphatic rings. The molecule has 8 aromatic rings.